The monoisotopic (exact) mass is 420 g/mol. The zero-order valence-corrected chi connectivity index (χ0v) is 17.5. The zero-order chi connectivity index (χ0) is 21.8. The average molecular weight is 420 g/mol. The summed E-state index contributed by atoms with van der Waals surface area (Å²) in [5.41, 5.74) is 3.21. The number of piperidine rings is 1. The Balaban J connectivity index is 1.36. The number of rotatable bonds is 5. The number of hydrogen-bond donors (Lipinski definition) is 1. The van der Waals surface area contributed by atoms with Crippen LogP contribution in [-0.2, 0) is 4.79 Å². The molecule has 0 aliphatic carbocycles. The fourth-order valence-corrected chi connectivity index (χ4v) is 4.14. The van der Waals surface area contributed by atoms with Gasteiger partial charge in [-0.3, -0.25) is 19.6 Å². The molecular formula is C24H25FN4O2. The predicted octanol–water partition coefficient (Wildman–Crippen LogP) is 4.35. The fourth-order valence-electron chi connectivity index (χ4n) is 4.14. The summed E-state index contributed by atoms with van der Waals surface area (Å²) in [7, 11) is 0. The molecule has 160 valence electrons. The van der Waals surface area contributed by atoms with Gasteiger partial charge in [0.2, 0.25) is 5.91 Å². The number of hydrogen-bond acceptors (Lipinski definition) is 4. The quantitative estimate of drug-likeness (QED) is 0.666. The average Bonchev–Trinajstić information content (AvgIpc) is 2.79. The molecule has 31 heavy (non-hydrogen) atoms. The highest BCUT2D eigenvalue weighted by molar-refractivity contribution is 6.04. The van der Waals surface area contributed by atoms with Crippen molar-refractivity contribution in [3.05, 3.63) is 65.7 Å². The number of halogens is 1. The van der Waals surface area contributed by atoms with E-state index in [1.54, 1.807) is 31.5 Å². The highest BCUT2D eigenvalue weighted by Gasteiger charge is 2.26. The second kappa shape index (κ2) is 9.20. The van der Waals surface area contributed by atoms with Crippen LogP contribution in [0.4, 0.5) is 10.1 Å². The molecule has 4 rings (SSSR count). The lowest BCUT2D eigenvalue weighted by molar-refractivity contribution is -0.116. The smallest absolute Gasteiger partial charge is 0.256 e. The topological polar surface area (TPSA) is 75.2 Å². The Morgan fingerprint density at radius 2 is 2.03 bits per heavy atom. The van der Waals surface area contributed by atoms with Gasteiger partial charge in [-0.2, -0.15) is 0 Å². The lowest BCUT2D eigenvalue weighted by Crippen LogP contribution is -2.40. The number of nitrogens with zero attached hydrogens (tertiary/aromatic N) is 3. The van der Waals surface area contributed by atoms with Crippen molar-refractivity contribution in [2.24, 2.45) is 5.92 Å². The Bertz CT molecular complexity index is 1110. The molecule has 0 saturated carbocycles. The van der Waals surface area contributed by atoms with Gasteiger partial charge in [0.1, 0.15) is 11.3 Å². The van der Waals surface area contributed by atoms with Crippen LogP contribution in [0, 0.1) is 18.7 Å². The largest absolute Gasteiger partial charge is 0.338 e. The summed E-state index contributed by atoms with van der Waals surface area (Å²) in [6, 6.07) is 9.79. The maximum absolute atomic E-state index is 13.2. The first-order valence-corrected chi connectivity index (χ1v) is 10.6. The number of fused-ring (bicyclic) bond motifs is 1. The molecule has 0 spiro atoms. The summed E-state index contributed by atoms with van der Waals surface area (Å²) < 4.78 is 13.2. The van der Waals surface area contributed by atoms with Gasteiger partial charge in [0.15, 0.2) is 0 Å². The molecule has 1 aliphatic heterocycles. The van der Waals surface area contributed by atoms with Crippen LogP contribution in [0.1, 0.15) is 41.6 Å². The number of anilines is 1. The second-order valence-electron chi connectivity index (χ2n) is 8.04. The molecule has 0 radical (unpaired) electrons. The van der Waals surface area contributed by atoms with Crippen LogP contribution < -0.4 is 5.32 Å². The molecule has 7 heteroatoms. The highest BCUT2D eigenvalue weighted by Crippen LogP contribution is 2.25. The number of aromatic nitrogens is 2. The number of carbonyl (C=O) groups is 2. The van der Waals surface area contributed by atoms with Crippen LogP contribution in [0.3, 0.4) is 0 Å². The maximum atomic E-state index is 13.2. The van der Waals surface area contributed by atoms with Gasteiger partial charge in [-0.25, -0.2) is 4.39 Å². The summed E-state index contributed by atoms with van der Waals surface area (Å²) >= 11 is 0. The highest BCUT2D eigenvalue weighted by atomic mass is 19.1. The third kappa shape index (κ3) is 4.87. The summed E-state index contributed by atoms with van der Waals surface area (Å²) in [4.78, 5) is 36.0. The van der Waals surface area contributed by atoms with Crippen LogP contribution in [-0.4, -0.2) is 39.8 Å². The van der Waals surface area contributed by atoms with Crippen molar-refractivity contribution in [1.29, 1.82) is 0 Å². The Hall–Kier alpha value is -3.35. The molecule has 1 aromatic heterocycles. The van der Waals surface area contributed by atoms with Crippen molar-refractivity contribution in [3.63, 3.8) is 0 Å². The Morgan fingerprint density at radius 3 is 2.87 bits per heavy atom. The van der Waals surface area contributed by atoms with E-state index in [1.165, 1.54) is 12.1 Å². The van der Waals surface area contributed by atoms with E-state index >= 15 is 0 Å². The van der Waals surface area contributed by atoms with Gasteiger partial charge < -0.3 is 10.2 Å². The van der Waals surface area contributed by atoms with E-state index in [1.807, 2.05) is 17.0 Å². The van der Waals surface area contributed by atoms with Crippen LogP contribution in [0.15, 0.2) is 48.8 Å². The van der Waals surface area contributed by atoms with E-state index in [9.17, 15) is 14.0 Å². The normalized spacial score (nSPS) is 16.3. The third-order valence-corrected chi connectivity index (χ3v) is 5.78. The fraction of sp³-hybridized carbons (Fsp3) is 0.333. The zero-order valence-electron chi connectivity index (χ0n) is 17.5. The lowest BCUT2D eigenvalue weighted by atomic mass is 9.92. The molecule has 2 heterocycles. The minimum Gasteiger partial charge on any atom is -0.338 e. The van der Waals surface area contributed by atoms with E-state index in [4.69, 9.17) is 0 Å². The number of nitrogens with one attached hydrogen (secondary N) is 1. The molecule has 2 aromatic carbocycles. The molecule has 1 saturated heterocycles. The number of para-hydroxylation sites is 1. The molecule has 0 bridgehead atoms. The van der Waals surface area contributed by atoms with E-state index < -0.39 is 0 Å². The van der Waals surface area contributed by atoms with Crippen molar-refractivity contribution >= 4 is 28.5 Å². The summed E-state index contributed by atoms with van der Waals surface area (Å²) in [5.74, 6) is -0.192. The van der Waals surface area contributed by atoms with Gasteiger partial charge in [0.05, 0.1) is 11.1 Å². The Morgan fingerprint density at radius 1 is 1.19 bits per heavy atom. The van der Waals surface area contributed by atoms with E-state index in [2.05, 4.69) is 15.3 Å². The number of carbonyl (C=O) groups excluding carboxylic acids is 2. The lowest BCUT2D eigenvalue weighted by Gasteiger charge is -2.33. The van der Waals surface area contributed by atoms with Crippen molar-refractivity contribution in [2.75, 3.05) is 18.4 Å². The molecule has 3 aromatic rings. The first kappa shape index (κ1) is 20.9. The Kier molecular flexibility index (Phi) is 6.21. The first-order chi connectivity index (χ1) is 15.0. The van der Waals surface area contributed by atoms with E-state index in [0.717, 1.165) is 12.8 Å². The maximum Gasteiger partial charge on any atom is 0.256 e. The summed E-state index contributed by atoms with van der Waals surface area (Å²) in [5, 5.41) is 2.86. The van der Waals surface area contributed by atoms with Crippen LogP contribution in [0.25, 0.3) is 11.0 Å². The number of aryl methyl sites for hydroxylation is 1. The Labute approximate surface area is 180 Å². The minimum absolute atomic E-state index is 0.0396. The first-order valence-electron chi connectivity index (χ1n) is 10.6. The second-order valence-corrected chi connectivity index (χ2v) is 8.04. The predicted molar refractivity (Wildman–Crippen MR) is 117 cm³/mol. The molecule has 0 unspecified atom stereocenters. The number of benzene rings is 2. The van der Waals surface area contributed by atoms with E-state index in [-0.39, 0.29) is 23.5 Å². The molecule has 1 aliphatic rings. The van der Waals surface area contributed by atoms with Crippen LogP contribution in [0.5, 0.6) is 0 Å². The van der Waals surface area contributed by atoms with Crippen LogP contribution >= 0.6 is 0 Å². The SMILES string of the molecule is Cc1cc(F)ccc1NC(=O)CC[C@@H]1CCCN(C(=O)c2cccc3nccnc23)C1. The van der Waals surface area contributed by atoms with E-state index in [0.29, 0.717) is 53.8 Å². The van der Waals surface area contributed by atoms with Crippen LogP contribution in [0.2, 0.25) is 0 Å². The molecular weight excluding hydrogens is 395 g/mol. The van der Waals surface area contributed by atoms with Gasteiger partial charge >= 0.3 is 0 Å². The summed E-state index contributed by atoms with van der Waals surface area (Å²) in [6.07, 6.45) is 6.17. The summed E-state index contributed by atoms with van der Waals surface area (Å²) in [6.45, 7) is 3.09. The molecule has 1 fully saturated rings. The molecule has 1 N–H and O–H groups in total. The number of amides is 2. The molecule has 6 nitrogen and oxygen atoms in total. The number of likely N-dealkylation sites (tertiary alicyclic amines) is 1. The van der Waals surface area contributed by atoms with Crippen molar-refractivity contribution < 1.29 is 14.0 Å². The van der Waals surface area contributed by atoms with Crippen molar-refractivity contribution in [1.82, 2.24) is 14.9 Å². The third-order valence-electron chi connectivity index (χ3n) is 5.78. The van der Waals surface area contributed by atoms with Gasteiger partial charge in [-0.15, -0.1) is 0 Å². The van der Waals surface area contributed by atoms with Crippen molar-refractivity contribution in [2.45, 2.75) is 32.6 Å². The van der Waals surface area contributed by atoms with Gasteiger partial charge in [-0.1, -0.05) is 6.07 Å². The van der Waals surface area contributed by atoms with Gasteiger partial charge in [0, 0.05) is 37.6 Å². The molecule has 1 atom stereocenters. The molecule has 2 amide bonds. The standard InChI is InChI=1S/C24H25FN4O2/c1-16-14-18(25)8-9-20(16)28-22(30)10-7-17-4-3-13-29(15-17)24(31)19-5-2-6-21-23(19)27-12-11-26-21/h2,5-6,8-9,11-12,14,17H,3-4,7,10,13,15H2,1H3,(H,28,30)/t17-/m0/s1. The minimum atomic E-state index is -0.320. The van der Waals surface area contributed by atoms with Gasteiger partial charge in [0.25, 0.3) is 5.91 Å². The van der Waals surface area contributed by atoms with Gasteiger partial charge in [-0.05, 0) is 68.0 Å². The van der Waals surface area contributed by atoms with Crippen molar-refractivity contribution in [3.8, 4) is 0 Å².